The van der Waals surface area contributed by atoms with E-state index in [1.165, 1.54) is 0 Å². The van der Waals surface area contributed by atoms with Crippen molar-refractivity contribution in [3.63, 3.8) is 0 Å². The Labute approximate surface area is 152 Å². The summed E-state index contributed by atoms with van der Waals surface area (Å²) >= 11 is 0. The standard InChI is InChI=1S/C18H26N4O4/c1-12(2)18(24)20-9-8-19-10-15(23)11-25-16-6-4-14(5-7-16)17-21-13(3)26-22-17/h4-7,12,15,19,23H,8-11H2,1-3H3,(H,20,24). The molecule has 0 aliphatic carbocycles. The van der Waals surface area contributed by atoms with Gasteiger partial charge in [0.1, 0.15) is 18.5 Å². The lowest BCUT2D eigenvalue weighted by Gasteiger charge is -2.14. The van der Waals surface area contributed by atoms with Gasteiger partial charge in [0.25, 0.3) is 0 Å². The molecule has 3 N–H and O–H groups in total. The molecule has 0 bridgehead atoms. The van der Waals surface area contributed by atoms with Gasteiger partial charge in [0.2, 0.25) is 17.6 Å². The van der Waals surface area contributed by atoms with Gasteiger partial charge in [-0.1, -0.05) is 19.0 Å². The van der Waals surface area contributed by atoms with Gasteiger partial charge in [0.15, 0.2) is 0 Å². The lowest BCUT2D eigenvalue weighted by Crippen LogP contribution is -2.38. The lowest BCUT2D eigenvalue weighted by molar-refractivity contribution is -0.123. The molecule has 2 aromatic rings. The van der Waals surface area contributed by atoms with Crippen LogP contribution < -0.4 is 15.4 Å². The predicted molar refractivity (Wildman–Crippen MR) is 96.7 cm³/mol. The number of amides is 1. The Balaban J connectivity index is 1.64. The first-order valence-corrected chi connectivity index (χ1v) is 8.65. The summed E-state index contributed by atoms with van der Waals surface area (Å²) in [4.78, 5) is 15.6. The second-order valence-electron chi connectivity index (χ2n) is 6.28. The molecule has 0 saturated carbocycles. The molecule has 0 aliphatic heterocycles. The van der Waals surface area contributed by atoms with Gasteiger partial charge >= 0.3 is 0 Å². The summed E-state index contributed by atoms with van der Waals surface area (Å²) in [7, 11) is 0. The average molecular weight is 362 g/mol. The third-order valence-electron chi connectivity index (χ3n) is 3.59. The fraction of sp³-hybridized carbons (Fsp3) is 0.500. The van der Waals surface area contributed by atoms with Crippen LogP contribution in [-0.2, 0) is 4.79 Å². The molecule has 1 aromatic carbocycles. The first-order valence-electron chi connectivity index (χ1n) is 8.65. The smallest absolute Gasteiger partial charge is 0.223 e. The van der Waals surface area contributed by atoms with Gasteiger partial charge in [-0.05, 0) is 24.3 Å². The Hall–Kier alpha value is -2.45. The number of ether oxygens (including phenoxy) is 1. The average Bonchev–Trinajstić information content (AvgIpc) is 3.06. The van der Waals surface area contributed by atoms with E-state index < -0.39 is 6.10 Å². The second kappa shape index (κ2) is 9.88. The van der Waals surface area contributed by atoms with E-state index in [1.807, 2.05) is 26.0 Å². The number of carbonyl (C=O) groups excluding carboxylic acids is 1. The van der Waals surface area contributed by atoms with Crippen LogP contribution in [0.4, 0.5) is 0 Å². The zero-order chi connectivity index (χ0) is 18.9. The van der Waals surface area contributed by atoms with E-state index in [-0.39, 0.29) is 18.4 Å². The number of rotatable bonds is 10. The van der Waals surface area contributed by atoms with Crippen molar-refractivity contribution < 1.29 is 19.2 Å². The van der Waals surface area contributed by atoms with E-state index in [1.54, 1.807) is 19.1 Å². The Morgan fingerprint density at radius 2 is 2.00 bits per heavy atom. The molecule has 142 valence electrons. The van der Waals surface area contributed by atoms with Crippen LogP contribution in [0.5, 0.6) is 5.75 Å². The zero-order valence-electron chi connectivity index (χ0n) is 15.4. The summed E-state index contributed by atoms with van der Waals surface area (Å²) in [6.07, 6.45) is -0.643. The van der Waals surface area contributed by atoms with Gasteiger partial charge in [0, 0.05) is 38.0 Å². The SMILES string of the molecule is Cc1nc(-c2ccc(OCC(O)CNCCNC(=O)C(C)C)cc2)no1. The van der Waals surface area contributed by atoms with Crippen molar-refractivity contribution >= 4 is 5.91 Å². The van der Waals surface area contributed by atoms with E-state index in [4.69, 9.17) is 9.26 Å². The molecule has 0 radical (unpaired) electrons. The Bertz CT molecular complexity index is 685. The molecule has 1 unspecified atom stereocenters. The maximum absolute atomic E-state index is 11.4. The fourth-order valence-electron chi connectivity index (χ4n) is 2.11. The number of aryl methyl sites for hydroxylation is 1. The number of carbonyl (C=O) groups is 1. The minimum Gasteiger partial charge on any atom is -0.491 e. The third kappa shape index (κ3) is 6.45. The summed E-state index contributed by atoms with van der Waals surface area (Å²) in [6.45, 7) is 7.11. The van der Waals surface area contributed by atoms with Gasteiger partial charge in [-0.3, -0.25) is 4.79 Å². The van der Waals surface area contributed by atoms with Crippen molar-refractivity contribution in [1.82, 2.24) is 20.8 Å². The Morgan fingerprint density at radius 1 is 1.27 bits per heavy atom. The Morgan fingerprint density at radius 3 is 2.62 bits per heavy atom. The molecule has 0 saturated heterocycles. The predicted octanol–water partition coefficient (Wildman–Crippen LogP) is 1.15. The number of aliphatic hydroxyl groups excluding tert-OH is 1. The normalized spacial score (nSPS) is 12.2. The quantitative estimate of drug-likeness (QED) is 0.544. The first kappa shape index (κ1) is 19.9. The molecular weight excluding hydrogens is 336 g/mol. The largest absolute Gasteiger partial charge is 0.491 e. The summed E-state index contributed by atoms with van der Waals surface area (Å²) in [5.74, 6) is 1.69. The Kier molecular flexibility index (Phi) is 7.55. The number of hydrogen-bond acceptors (Lipinski definition) is 7. The first-order chi connectivity index (χ1) is 12.5. The van der Waals surface area contributed by atoms with Gasteiger partial charge in [-0.2, -0.15) is 4.98 Å². The van der Waals surface area contributed by atoms with Crippen molar-refractivity contribution in [2.45, 2.75) is 26.9 Å². The highest BCUT2D eigenvalue weighted by Gasteiger charge is 2.08. The van der Waals surface area contributed by atoms with Crippen LogP contribution in [0.15, 0.2) is 28.8 Å². The molecule has 1 aromatic heterocycles. The molecular formula is C18H26N4O4. The molecule has 0 fully saturated rings. The van der Waals surface area contributed by atoms with Crippen molar-refractivity contribution in [2.24, 2.45) is 5.92 Å². The summed E-state index contributed by atoms with van der Waals surface area (Å²) in [5, 5.41) is 19.7. The highest BCUT2D eigenvalue weighted by molar-refractivity contribution is 5.77. The maximum Gasteiger partial charge on any atom is 0.223 e. The maximum atomic E-state index is 11.4. The van der Waals surface area contributed by atoms with Gasteiger partial charge < -0.3 is 25.0 Å². The van der Waals surface area contributed by atoms with E-state index in [0.717, 1.165) is 5.56 Å². The molecule has 0 aliphatic rings. The van der Waals surface area contributed by atoms with Gasteiger partial charge in [-0.25, -0.2) is 0 Å². The van der Waals surface area contributed by atoms with Crippen LogP contribution in [0.25, 0.3) is 11.4 Å². The molecule has 2 rings (SSSR count). The van der Waals surface area contributed by atoms with Crippen molar-refractivity contribution in [3.8, 4) is 17.1 Å². The molecule has 26 heavy (non-hydrogen) atoms. The van der Waals surface area contributed by atoms with E-state index in [2.05, 4.69) is 20.8 Å². The molecule has 1 amide bonds. The van der Waals surface area contributed by atoms with Crippen LogP contribution in [0.1, 0.15) is 19.7 Å². The minimum absolute atomic E-state index is 0.0232. The van der Waals surface area contributed by atoms with Gasteiger partial charge in [0.05, 0.1) is 0 Å². The molecule has 0 spiro atoms. The summed E-state index contributed by atoms with van der Waals surface area (Å²) in [6, 6.07) is 7.26. The molecule has 8 heteroatoms. The van der Waals surface area contributed by atoms with E-state index in [0.29, 0.717) is 37.1 Å². The highest BCUT2D eigenvalue weighted by Crippen LogP contribution is 2.19. The molecule has 8 nitrogen and oxygen atoms in total. The fourth-order valence-corrected chi connectivity index (χ4v) is 2.11. The zero-order valence-corrected chi connectivity index (χ0v) is 15.4. The van der Waals surface area contributed by atoms with Crippen LogP contribution in [0.3, 0.4) is 0 Å². The second-order valence-corrected chi connectivity index (χ2v) is 6.28. The van der Waals surface area contributed by atoms with Crippen molar-refractivity contribution in [1.29, 1.82) is 0 Å². The number of nitrogens with zero attached hydrogens (tertiary/aromatic N) is 2. The summed E-state index contributed by atoms with van der Waals surface area (Å²) < 4.78 is 10.5. The van der Waals surface area contributed by atoms with Crippen LogP contribution >= 0.6 is 0 Å². The number of aliphatic hydroxyl groups is 1. The van der Waals surface area contributed by atoms with Crippen LogP contribution in [0, 0.1) is 12.8 Å². The van der Waals surface area contributed by atoms with Crippen LogP contribution in [-0.4, -0.2) is 53.5 Å². The lowest BCUT2D eigenvalue weighted by atomic mass is 10.2. The molecule has 1 atom stereocenters. The van der Waals surface area contributed by atoms with Gasteiger partial charge in [-0.15, -0.1) is 0 Å². The van der Waals surface area contributed by atoms with E-state index >= 15 is 0 Å². The monoisotopic (exact) mass is 362 g/mol. The highest BCUT2D eigenvalue weighted by atomic mass is 16.5. The van der Waals surface area contributed by atoms with Crippen molar-refractivity contribution in [3.05, 3.63) is 30.2 Å². The van der Waals surface area contributed by atoms with Crippen molar-refractivity contribution in [2.75, 3.05) is 26.2 Å². The minimum atomic E-state index is -0.643. The van der Waals surface area contributed by atoms with E-state index in [9.17, 15) is 9.90 Å². The number of benzene rings is 1. The van der Waals surface area contributed by atoms with Crippen LogP contribution in [0.2, 0.25) is 0 Å². The summed E-state index contributed by atoms with van der Waals surface area (Å²) in [5.41, 5.74) is 0.833. The topological polar surface area (TPSA) is 110 Å². The molecule has 1 heterocycles. The number of nitrogens with one attached hydrogen (secondary N) is 2. The third-order valence-corrected chi connectivity index (χ3v) is 3.59. The number of aromatic nitrogens is 2. The number of hydrogen-bond donors (Lipinski definition) is 3.